The fourth-order valence-corrected chi connectivity index (χ4v) is 3.49. The van der Waals surface area contributed by atoms with Crippen LogP contribution in [0.3, 0.4) is 0 Å². The van der Waals surface area contributed by atoms with Gasteiger partial charge < -0.3 is 9.79 Å². The third-order valence-electron chi connectivity index (χ3n) is 3.82. The van der Waals surface area contributed by atoms with Gasteiger partial charge in [0.25, 0.3) is 0 Å². The quantitative estimate of drug-likeness (QED) is 0.388. The second kappa shape index (κ2) is 11.0. The molecule has 0 saturated heterocycles. The van der Waals surface area contributed by atoms with Gasteiger partial charge in [-0.3, -0.25) is 9.88 Å². The summed E-state index contributed by atoms with van der Waals surface area (Å²) in [4.78, 5) is 19.0. The van der Waals surface area contributed by atoms with E-state index in [4.69, 9.17) is 0 Å². The van der Waals surface area contributed by atoms with Crippen molar-refractivity contribution < 1.29 is 14.4 Å². The summed E-state index contributed by atoms with van der Waals surface area (Å²) in [6.07, 6.45) is 9.76. The molecule has 0 bridgehead atoms. The number of nitrogens with one attached hydrogen (secondary N) is 1. The smallest absolute Gasteiger partial charge is 0.323 e. The molecule has 0 heterocycles. The molecule has 22 heavy (non-hydrogen) atoms. The van der Waals surface area contributed by atoms with Gasteiger partial charge in [0, 0.05) is 0 Å². The molecule has 126 valence electrons. The van der Waals surface area contributed by atoms with Gasteiger partial charge in [0.2, 0.25) is 0 Å². The molecule has 0 aliphatic rings. The molecule has 1 aromatic carbocycles. The van der Waals surface area contributed by atoms with E-state index in [2.05, 4.69) is 12.2 Å². The predicted molar refractivity (Wildman–Crippen MR) is 91.8 cm³/mol. The fourth-order valence-electron chi connectivity index (χ4n) is 2.56. The van der Waals surface area contributed by atoms with E-state index in [9.17, 15) is 14.4 Å². The summed E-state index contributed by atoms with van der Waals surface area (Å²) in [5.41, 5.74) is 0.649. The Labute approximate surface area is 134 Å². The van der Waals surface area contributed by atoms with E-state index in [-0.39, 0.29) is 0 Å². The number of hydrogen-bond acceptors (Lipinski definition) is 2. The van der Waals surface area contributed by atoms with E-state index >= 15 is 0 Å². The van der Waals surface area contributed by atoms with Crippen LogP contribution in [0.5, 0.6) is 0 Å². The number of benzene rings is 1. The second-order valence-corrected chi connectivity index (χ2v) is 7.53. The average Bonchev–Trinajstić information content (AvgIpc) is 2.49. The summed E-state index contributed by atoms with van der Waals surface area (Å²) < 4.78 is 11.6. The minimum Gasteiger partial charge on any atom is -0.323 e. The molecular formula is C17H30NO3P. The molecule has 1 atom stereocenters. The van der Waals surface area contributed by atoms with Crippen LogP contribution in [0, 0.1) is 0 Å². The van der Waals surface area contributed by atoms with Crippen LogP contribution in [-0.4, -0.2) is 16.3 Å². The zero-order valence-electron chi connectivity index (χ0n) is 13.6. The molecule has 0 aromatic heterocycles. The van der Waals surface area contributed by atoms with Gasteiger partial charge in [-0.15, -0.1) is 0 Å². The highest BCUT2D eigenvalue weighted by Crippen LogP contribution is 2.49. The maximum absolute atomic E-state index is 11.6. The van der Waals surface area contributed by atoms with Crippen molar-refractivity contribution in [3.8, 4) is 0 Å². The molecule has 1 rings (SSSR count). The lowest BCUT2D eigenvalue weighted by atomic mass is 10.1. The zero-order valence-corrected chi connectivity index (χ0v) is 14.5. The van der Waals surface area contributed by atoms with Crippen LogP contribution in [0.4, 0.5) is 0 Å². The van der Waals surface area contributed by atoms with E-state index in [1.165, 1.54) is 38.5 Å². The minimum absolute atomic E-state index is 0.639. The molecule has 0 spiro atoms. The molecule has 0 saturated carbocycles. The van der Waals surface area contributed by atoms with Crippen LogP contribution in [0.2, 0.25) is 0 Å². The van der Waals surface area contributed by atoms with Crippen LogP contribution >= 0.6 is 7.60 Å². The third-order valence-corrected chi connectivity index (χ3v) is 4.97. The topological polar surface area (TPSA) is 69.6 Å². The Bertz CT molecular complexity index is 433. The first kappa shape index (κ1) is 19.4. The van der Waals surface area contributed by atoms with Gasteiger partial charge in [-0.2, -0.15) is 0 Å². The van der Waals surface area contributed by atoms with E-state index in [1.807, 2.05) is 6.07 Å². The van der Waals surface area contributed by atoms with Crippen molar-refractivity contribution >= 4 is 7.60 Å². The summed E-state index contributed by atoms with van der Waals surface area (Å²) in [5.74, 6) is -0.891. The Morgan fingerprint density at radius 1 is 0.955 bits per heavy atom. The number of unbranched alkanes of at least 4 members (excludes halogenated alkanes) is 7. The summed E-state index contributed by atoms with van der Waals surface area (Å²) in [5, 5.41) is 3.02. The molecule has 0 amide bonds. The predicted octanol–water partition coefficient (Wildman–Crippen LogP) is 4.59. The first-order valence-electron chi connectivity index (χ1n) is 8.39. The molecule has 1 aromatic rings. The lowest BCUT2D eigenvalue weighted by Crippen LogP contribution is -2.22. The van der Waals surface area contributed by atoms with Crippen LogP contribution in [-0.2, 0) is 4.57 Å². The Hall–Kier alpha value is -0.670. The van der Waals surface area contributed by atoms with Crippen LogP contribution in [0.1, 0.15) is 69.6 Å². The molecule has 0 radical (unpaired) electrons. The summed E-state index contributed by atoms with van der Waals surface area (Å²) in [7, 11) is -4.18. The SMILES string of the molecule is CCCCCCCCCCN[C@@H](c1ccccc1)P(=O)(O)O. The molecule has 0 aliphatic heterocycles. The van der Waals surface area contributed by atoms with Gasteiger partial charge in [0.1, 0.15) is 5.78 Å². The van der Waals surface area contributed by atoms with Crippen molar-refractivity contribution in [3.05, 3.63) is 35.9 Å². The largest absolute Gasteiger partial charge is 0.346 e. The fraction of sp³-hybridized carbons (Fsp3) is 0.647. The Balaban J connectivity index is 2.24. The van der Waals surface area contributed by atoms with E-state index < -0.39 is 13.4 Å². The van der Waals surface area contributed by atoms with Crippen molar-refractivity contribution in [2.45, 2.75) is 64.1 Å². The first-order chi connectivity index (χ1) is 10.6. The van der Waals surface area contributed by atoms with Gasteiger partial charge in [0.15, 0.2) is 0 Å². The standard InChI is InChI=1S/C17H30NO3P/c1-2-3-4-5-6-7-8-12-15-18-17(22(19,20)21)16-13-10-9-11-14-16/h9-11,13-14,17-18H,2-8,12,15H2,1H3,(H2,19,20,21)/t17-/m1/s1. The van der Waals surface area contributed by atoms with E-state index in [1.54, 1.807) is 24.3 Å². The highest BCUT2D eigenvalue weighted by atomic mass is 31.2. The third kappa shape index (κ3) is 8.09. The lowest BCUT2D eigenvalue weighted by Gasteiger charge is -2.20. The Kier molecular flexibility index (Phi) is 9.65. The van der Waals surface area contributed by atoms with Gasteiger partial charge in [-0.05, 0) is 18.5 Å². The van der Waals surface area contributed by atoms with Gasteiger partial charge in [0.05, 0.1) is 0 Å². The maximum Gasteiger partial charge on any atom is 0.346 e. The van der Waals surface area contributed by atoms with Crippen LogP contribution in [0.25, 0.3) is 0 Å². The highest BCUT2D eigenvalue weighted by molar-refractivity contribution is 7.52. The van der Waals surface area contributed by atoms with Crippen molar-refractivity contribution in [2.24, 2.45) is 0 Å². The van der Waals surface area contributed by atoms with Gasteiger partial charge in [-0.1, -0.05) is 82.2 Å². The van der Waals surface area contributed by atoms with E-state index in [0.29, 0.717) is 12.1 Å². The first-order valence-corrected chi connectivity index (χ1v) is 10.1. The number of rotatable bonds is 12. The molecule has 0 fully saturated rings. The highest BCUT2D eigenvalue weighted by Gasteiger charge is 2.29. The molecule has 0 unspecified atom stereocenters. The van der Waals surface area contributed by atoms with Crippen LogP contribution in [0.15, 0.2) is 30.3 Å². The normalized spacial score (nSPS) is 13.2. The molecule has 0 aliphatic carbocycles. The molecule has 3 N–H and O–H groups in total. The summed E-state index contributed by atoms with van der Waals surface area (Å²) >= 11 is 0. The van der Waals surface area contributed by atoms with Crippen LogP contribution < -0.4 is 5.32 Å². The van der Waals surface area contributed by atoms with Crippen molar-refractivity contribution in [1.82, 2.24) is 5.32 Å². The molecular weight excluding hydrogens is 297 g/mol. The van der Waals surface area contributed by atoms with Crippen molar-refractivity contribution in [3.63, 3.8) is 0 Å². The maximum atomic E-state index is 11.6. The lowest BCUT2D eigenvalue weighted by molar-refractivity contribution is 0.347. The second-order valence-electron chi connectivity index (χ2n) is 5.83. The van der Waals surface area contributed by atoms with Crippen molar-refractivity contribution in [1.29, 1.82) is 0 Å². The van der Waals surface area contributed by atoms with Gasteiger partial charge >= 0.3 is 7.60 Å². The van der Waals surface area contributed by atoms with E-state index in [0.717, 1.165) is 12.8 Å². The van der Waals surface area contributed by atoms with Crippen molar-refractivity contribution in [2.75, 3.05) is 6.54 Å². The molecule has 5 heteroatoms. The van der Waals surface area contributed by atoms with Gasteiger partial charge in [-0.25, -0.2) is 0 Å². The average molecular weight is 327 g/mol. The molecule has 4 nitrogen and oxygen atoms in total. The minimum atomic E-state index is -4.18. The summed E-state index contributed by atoms with van der Waals surface area (Å²) in [6.45, 7) is 2.86. The Morgan fingerprint density at radius 2 is 1.50 bits per heavy atom. The monoisotopic (exact) mass is 327 g/mol. The Morgan fingerprint density at radius 3 is 2.05 bits per heavy atom. The zero-order chi connectivity index (χ0) is 16.3. The number of hydrogen-bond donors (Lipinski definition) is 3. The summed E-state index contributed by atoms with van der Waals surface area (Å²) in [6, 6.07) is 8.96.